The molecule has 4 rings (SSSR count). The number of amides is 2. The number of urea groups is 1. The van der Waals surface area contributed by atoms with Crippen molar-refractivity contribution in [3.63, 3.8) is 0 Å². The molecule has 2 saturated heterocycles. The number of carbonyl (C=O) groups is 1. The van der Waals surface area contributed by atoms with Crippen LogP contribution in [0.25, 0.3) is 0 Å². The van der Waals surface area contributed by atoms with E-state index < -0.39 is 0 Å². The first kappa shape index (κ1) is 16.7. The molecule has 2 fully saturated rings. The summed E-state index contributed by atoms with van der Waals surface area (Å²) in [5.41, 5.74) is 1.23. The first-order chi connectivity index (χ1) is 12.2. The Morgan fingerprint density at radius 2 is 2.12 bits per heavy atom. The van der Waals surface area contributed by atoms with E-state index in [1.54, 1.807) is 0 Å². The third kappa shape index (κ3) is 3.47. The van der Waals surface area contributed by atoms with Gasteiger partial charge >= 0.3 is 6.03 Å². The van der Waals surface area contributed by atoms with Gasteiger partial charge in [-0.25, -0.2) is 4.79 Å². The molecule has 3 aliphatic rings. The van der Waals surface area contributed by atoms with Crippen LogP contribution in [0.1, 0.15) is 37.2 Å². The Balaban J connectivity index is 1.38. The van der Waals surface area contributed by atoms with E-state index in [1.165, 1.54) is 12.0 Å². The Kier molecular flexibility index (Phi) is 4.84. The van der Waals surface area contributed by atoms with Crippen molar-refractivity contribution < 1.29 is 9.53 Å². The lowest BCUT2D eigenvalue weighted by Crippen LogP contribution is -2.57. The van der Waals surface area contributed by atoms with E-state index >= 15 is 0 Å². The van der Waals surface area contributed by atoms with Crippen molar-refractivity contribution >= 4 is 6.03 Å². The number of nitrogens with one attached hydrogen (secondary N) is 1. The topological polar surface area (TPSA) is 44.8 Å². The lowest BCUT2D eigenvalue weighted by atomic mass is 9.84. The summed E-state index contributed by atoms with van der Waals surface area (Å²) in [6, 6.07) is 8.76. The Labute approximate surface area is 150 Å². The second kappa shape index (κ2) is 7.24. The van der Waals surface area contributed by atoms with E-state index in [0.29, 0.717) is 24.4 Å². The zero-order valence-electron chi connectivity index (χ0n) is 15.1. The fraction of sp³-hybridized carbons (Fsp3) is 0.650. The fourth-order valence-electron chi connectivity index (χ4n) is 4.78. The molecule has 3 heterocycles. The van der Waals surface area contributed by atoms with Crippen molar-refractivity contribution in [1.29, 1.82) is 0 Å². The monoisotopic (exact) mass is 343 g/mol. The van der Waals surface area contributed by atoms with Crippen LogP contribution in [0.4, 0.5) is 4.79 Å². The van der Waals surface area contributed by atoms with Gasteiger partial charge in [0.2, 0.25) is 0 Å². The lowest BCUT2D eigenvalue weighted by Gasteiger charge is -2.46. The zero-order chi connectivity index (χ0) is 17.2. The maximum Gasteiger partial charge on any atom is 0.317 e. The van der Waals surface area contributed by atoms with Crippen LogP contribution in [0.3, 0.4) is 0 Å². The predicted octanol–water partition coefficient (Wildman–Crippen LogP) is 2.68. The Morgan fingerprint density at radius 1 is 1.24 bits per heavy atom. The van der Waals surface area contributed by atoms with Crippen molar-refractivity contribution in [2.45, 2.75) is 37.6 Å². The third-order valence-corrected chi connectivity index (χ3v) is 6.11. The minimum absolute atomic E-state index is 0.128. The number of fused-ring (bicyclic) bond motifs is 2. The second-order valence-electron chi connectivity index (χ2n) is 7.77. The van der Waals surface area contributed by atoms with E-state index in [2.05, 4.69) is 34.3 Å². The van der Waals surface area contributed by atoms with Crippen molar-refractivity contribution in [3.8, 4) is 5.75 Å². The Hall–Kier alpha value is -1.75. The van der Waals surface area contributed by atoms with Gasteiger partial charge < -0.3 is 19.9 Å². The molecule has 1 aromatic rings. The number of piperidine rings is 2. The van der Waals surface area contributed by atoms with Crippen molar-refractivity contribution in [2.75, 3.05) is 39.8 Å². The largest absolute Gasteiger partial charge is 0.493 e. The number of rotatable bonds is 2. The molecule has 3 unspecified atom stereocenters. The molecule has 3 aliphatic heterocycles. The van der Waals surface area contributed by atoms with Gasteiger partial charge in [-0.1, -0.05) is 18.2 Å². The van der Waals surface area contributed by atoms with Gasteiger partial charge in [-0.3, -0.25) is 0 Å². The molecule has 3 atom stereocenters. The fourth-order valence-corrected chi connectivity index (χ4v) is 4.78. The zero-order valence-corrected chi connectivity index (χ0v) is 15.1. The van der Waals surface area contributed by atoms with Gasteiger partial charge in [-0.15, -0.1) is 0 Å². The predicted molar refractivity (Wildman–Crippen MR) is 98.0 cm³/mol. The number of benzene rings is 1. The van der Waals surface area contributed by atoms with Crippen LogP contribution in [-0.2, 0) is 0 Å². The maximum absolute atomic E-state index is 12.9. The number of carbonyl (C=O) groups excluding carboxylic acids is 1. The highest BCUT2D eigenvalue weighted by Gasteiger charge is 2.37. The summed E-state index contributed by atoms with van der Waals surface area (Å²) in [5.74, 6) is 1.97. The summed E-state index contributed by atoms with van der Waals surface area (Å²) in [6.45, 7) is 4.56. The van der Waals surface area contributed by atoms with Gasteiger partial charge in [0.1, 0.15) is 5.75 Å². The molecule has 1 N–H and O–H groups in total. The molecule has 0 saturated carbocycles. The molecular weight excluding hydrogens is 314 g/mol. The molecule has 1 aromatic carbocycles. The first-order valence-electron chi connectivity index (χ1n) is 9.67. The molecule has 0 aliphatic carbocycles. The number of ether oxygens (including phenoxy) is 1. The van der Waals surface area contributed by atoms with Crippen LogP contribution in [0.2, 0.25) is 0 Å². The molecule has 0 spiro atoms. The molecule has 2 amide bonds. The Morgan fingerprint density at radius 3 is 3.04 bits per heavy atom. The number of likely N-dealkylation sites (tertiary alicyclic amines) is 2. The van der Waals surface area contributed by atoms with Gasteiger partial charge in [0.25, 0.3) is 0 Å². The minimum Gasteiger partial charge on any atom is -0.493 e. The van der Waals surface area contributed by atoms with Gasteiger partial charge in [0.15, 0.2) is 0 Å². The SMILES string of the molecule is CN1CCC2C(CCCN2C(=O)NCC2CCOc3ccccc32)C1. The molecule has 136 valence electrons. The van der Waals surface area contributed by atoms with Gasteiger partial charge in [0.05, 0.1) is 6.61 Å². The second-order valence-corrected chi connectivity index (χ2v) is 7.77. The van der Waals surface area contributed by atoms with E-state index in [0.717, 1.165) is 51.3 Å². The van der Waals surface area contributed by atoms with Crippen LogP contribution in [0, 0.1) is 5.92 Å². The van der Waals surface area contributed by atoms with E-state index in [1.807, 2.05) is 12.1 Å². The van der Waals surface area contributed by atoms with E-state index in [4.69, 9.17) is 4.74 Å². The summed E-state index contributed by atoms with van der Waals surface area (Å²) < 4.78 is 5.73. The van der Waals surface area contributed by atoms with Crippen molar-refractivity contribution in [3.05, 3.63) is 29.8 Å². The smallest absolute Gasteiger partial charge is 0.317 e. The number of nitrogens with zero attached hydrogens (tertiary/aromatic N) is 2. The molecule has 0 radical (unpaired) electrons. The minimum atomic E-state index is 0.128. The summed E-state index contributed by atoms with van der Waals surface area (Å²) in [7, 11) is 2.19. The van der Waals surface area contributed by atoms with Crippen LogP contribution >= 0.6 is 0 Å². The van der Waals surface area contributed by atoms with Gasteiger partial charge in [-0.05, 0) is 56.8 Å². The van der Waals surface area contributed by atoms with Crippen LogP contribution in [-0.4, -0.2) is 61.7 Å². The molecule has 5 nitrogen and oxygen atoms in total. The molecule has 25 heavy (non-hydrogen) atoms. The number of hydrogen-bond donors (Lipinski definition) is 1. The summed E-state index contributed by atoms with van der Waals surface area (Å²) in [5, 5.41) is 3.23. The van der Waals surface area contributed by atoms with Crippen molar-refractivity contribution in [1.82, 2.24) is 15.1 Å². The van der Waals surface area contributed by atoms with Crippen LogP contribution < -0.4 is 10.1 Å². The first-order valence-corrected chi connectivity index (χ1v) is 9.67. The highest BCUT2D eigenvalue weighted by atomic mass is 16.5. The van der Waals surface area contributed by atoms with Gasteiger partial charge in [-0.2, -0.15) is 0 Å². The number of hydrogen-bond acceptors (Lipinski definition) is 3. The average molecular weight is 343 g/mol. The standard InChI is InChI=1S/C20H29N3O2/c1-22-11-8-18-16(14-22)5-4-10-23(18)20(24)21-13-15-9-12-25-19-7-3-2-6-17(15)19/h2-3,6-7,15-16,18H,4-5,8-14H2,1H3,(H,21,24). The van der Waals surface area contributed by atoms with E-state index in [-0.39, 0.29) is 6.03 Å². The summed E-state index contributed by atoms with van der Waals surface area (Å²) in [4.78, 5) is 17.4. The quantitative estimate of drug-likeness (QED) is 0.898. The summed E-state index contributed by atoms with van der Waals surface area (Å²) >= 11 is 0. The maximum atomic E-state index is 12.9. The molecular formula is C20H29N3O2. The van der Waals surface area contributed by atoms with Crippen LogP contribution in [0.5, 0.6) is 5.75 Å². The number of para-hydroxylation sites is 1. The molecule has 0 aromatic heterocycles. The lowest BCUT2D eigenvalue weighted by molar-refractivity contribution is 0.0531. The molecule has 0 bridgehead atoms. The highest BCUT2D eigenvalue weighted by molar-refractivity contribution is 5.74. The van der Waals surface area contributed by atoms with Gasteiger partial charge in [0, 0.05) is 31.6 Å². The normalized spacial score (nSPS) is 29.3. The van der Waals surface area contributed by atoms with Crippen LogP contribution in [0.15, 0.2) is 24.3 Å². The molecule has 5 heteroatoms. The highest BCUT2D eigenvalue weighted by Crippen LogP contribution is 2.33. The van der Waals surface area contributed by atoms with Crippen molar-refractivity contribution in [2.24, 2.45) is 5.92 Å². The Bertz CT molecular complexity index is 621. The average Bonchev–Trinajstić information content (AvgIpc) is 2.65. The van der Waals surface area contributed by atoms with E-state index in [9.17, 15) is 4.79 Å². The third-order valence-electron chi connectivity index (χ3n) is 6.11. The summed E-state index contributed by atoms with van der Waals surface area (Å²) in [6.07, 6.45) is 4.46.